The molecule has 5 heteroatoms. The van der Waals surface area contributed by atoms with Crippen molar-refractivity contribution in [2.24, 2.45) is 5.92 Å². The van der Waals surface area contributed by atoms with Crippen LogP contribution in [0.4, 0.5) is 0 Å². The number of hydrogen-bond acceptors (Lipinski definition) is 3. The van der Waals surface area contributed by atoms with Crippen molar-refractivity contribution < 1.29 is 4.79 Å². The summed E-state index contributed by atoms with van der Waals surface area (Å²) in [6, 6.07) is 17.0. The van der Waals surface area contributed by atoms with Crippen molar-refractivity contribution in [2.45, 2.75) is 25.4 Å². The van der Waals surface area contributed by atoms with Crippen molar-refractivity contribution in [3.05, 3.63) is 69.7 Å². The number of amides is 1. The second-order valence-electron chi connectivity index (χ2n) is 8.12. The summed E-state index contributed by atoms with van der Waals surface area (Å²) in [6.45, 7) is 6.17. The molecule has 2 aromatic carbocycles. The molecule has 1 heterocycles. The lowest BCUT2D eigenvalue weighted by molar-refractivity contribution is -0.122. The molecule has 0 bridgehead atoms. The maximum atomic E-state index is 12.5. The van der Waals surface area contributed by atoms with Crippen LogP contribution in [0.25, 0.3) is 0 Å². The Morgan fingerprint density at radius 2 is 1.79 bits per heavy atom. The van der Waals surface area contributed by atoms with Crippen molar-refractivity contribution in [3.63, 3.8) is 0 Å². The Hall–Kier alpha value is -1.69. The van der Waals surface area contributed by atoms with E-state index in [2.05, 4.69) is 74.5 Å². The van der Waals surface area contributed by atoms with E-state index in [0.717, 1.165) is 49.2 Å². The van der Waals surface area contributed by atoms with Gasteiger partial charge in [-0.15, -0.1) is 0 Å². The second kappa shape index (κ2) is 8.76. The minimum atomic E-state index is 0.116. The first-order valence-corrected chi connectivity index (χ1v) is 10.9. The fourth-order valence-corrected chi connectivity index (χ4v) is 4.35. The summed E-state index contributed by atoms with van der Waals surface area (Å²) in [6.07, 6.45) is 0.951. The van der Waals surface area contributed by atoms with Crippen LogP contribution >= 0.6 is 15.9 Å². The molecule has 1 saturated carbocycles. The van der Waals surface area contributed by atoms with Gasteiger partial charge in [-0.3, -0.25) is 9.69 Å². The molecule has 0 spiro atoms. The number of carbonyl (C=O) groups is 1. The molecule has 2 atom stereocenters. The third-order valence-electron chi connectivity index (χ3n) is 5.90. The van der Waals surface area contributed by atoms with Gasteiger partial charge in [0.05, 0.1) is 0 Å². The average Bonchev–Trinajstić information content (AvgIpc) is 3.50. The lowest BCUT2D eigenvalue weighted by atomic mass is 10.1. The fourth-order valence-electron chi connectivity index (χ4n) is 3.94. The number of likely N-dealkylation sites (N-methyl/N-ethyl adjacent to an activating group) is 1. The van der Waals surface area contributed by atoms with Crippen molar-refractivity contribution in [3.8, 4) is 0 Å². The van der Waals surface area contributed by atoms with Crippen LogP contribution in [-0.2, 0) is 17.9 Å². The van der Waals surface area contributed by atoms with Crippen molar-refractivity contribution >= 4 is 21.8 Å². The standard InChI is InChI=1S/C23H28BrN3O/c1-26-9-11-27(12-10-26)16-18-7-5-17(6-8-18)15-25-23(28)22-14-21(22)19-3-2-4-20(24)13-19/h2-8,13,21-22H,9-12,14-16H2,1H3,(H,25,28). The van der Waals surface area contributed by atoms with Crippen molar-refractivity contribution in [2.75, 3.05) is 33.2 Å². The molecule has 1 aliphatic heterocycles. The highest BCUT2D eigenvalue weighted by molar-refractivity contribution is 9.10. The molecule has 1 N–H and O–H groups in total. The van der Waals surface area contributed by atoms with E-state index in [4.69, 9.17) is 0 Å². The minimum Gasteiger partial charge on any atom is -0.352 e. The summed E-state index contributed by atoms with van der Waals surface area (Å²) in [5.74, 6) is 0.653. The molecule has 28 heavy (non-hydrogen) atoms. The van der Waals surface area contributed by atoms with Crippen molar-refractivity contribution in [1.82, 2.24) is 15.1 Å². The van der Waals surface area contributed by atoms with Crippen LogP contribution in [0.15, 0.2) is 53.0 Å². The summed E-state index contributed by atoms with van der Waals surface area (Å²) < 4.78 is 1.08. The molecule has 0 aromatic heterocycles. The van der Waals surface area contributed by atoms with Gasteiger partial charge in [0.2, 0.25) is 5.91 Å². The third kappa shape index (κ3) is 5.02. The van der Waals surface area contributed by atoms with Crippen LogP contribution < -0.4 is 5.32 Å². The number of piperazine rings is 1. The zero-order valence-electron chi connectivity index (χ0n) is 16.4. The van der Waals surface area contributed by atoms with Crippen LogP contribution in [0, 0.1) is 5.92 Å². The van der Waals surface area contributed by atoms with Gasteiger partial charge in [0.1, 0.15) is 0 Å². The summed E-state index contributed by atoms with van der Waals surface area (Å²) >= 11 is 3.51. The van der Waals surface area contributed by atoms with E-state index in [1.165, 1.54) is 11.1 Å². The summed E-state index contributed by atoms with van der Waals surface area (Å²) in [4.78, 5) is 17.4. The van der Waals surface area contributed by atoms with Crippen LogP contribution in [0.5, 0.6) is 0 Å². The third-order valence-corrected chi connectivity index (χ3v) is 6.39. The van der Waals surface area contributed by atoms with Gasteiger partial charge in [-0.1, -0.05) is 52.3 Å². The van der Waals surface area contributed by atoms with Crippen molar-refractivity contribution in [1.29, 1.82) is 0 Å². The van der Waals surface area contributed by atoms with Crippen LogP contribution in [0.2, 0.25) is 0 Å². The first-order valence-electron chi connectivity index (χ1n) is 10.1. The number of rotatable bonds is 6. The Balaban J connectivity index is 1.23. The molecular formula is C23H28BrN3O. The average molecular weight is 442 g/mol. The van der Waals surface area contributed by atoms with Crippen LogP contribution in [0.1, 0.15) is 29.0 Å². The monoisotopic (exact) mass is 441 g/mol. The first kappa shape index (κ1) is 19.6. The van der Waals surface area contributed by atoms with Gasteiger partial charge in [0.25, 0.3) is 0 Å². The molecule has 4 nitrogen and oxygen atoms in total. The van der Waals surface area contributed by atoms with E-state index >= 15 is 0 Å². The molecule has 1 amide bonds. The Kier molecular flexibility index (Phi) is 6.14. The molecule has 1 saturated heterocycles. The molecule has 2 fully saturated rings. The fraction of sp³-hybridized carbons (Fsp3) is 0.435. The van der Waals surface area contributed by atoms with Crippen LogP contribution in [-0.4, -0.2) is 48.9 Å². The number of carbonyl (C=O) groups excluding carboxylic acids is 1. The SMILES string of the molecule is CN1CCN(Cc2ccc(CNC(=O)C3CC3c3cccc(Br)c3)cc2)CC1. The molecule has 2 aliphatic rings. The van der Waals surface area contributed by atoms with E-state index in [1.54, 1.807) is 0 Å². The van der Waals surface area contributed by atoms with Gasteiger partial charge in [0, 0.05) is 49.7 Å². The largest absolute Gasteiger partial charge is 0.352 e. The number of halogens is 1. The zero-order valence-corrected chi connectivity index (χ0v) is 18.0. The Morgan fingerprint density at radius 1 is 1.07 bits per heavy atom. The van der Waals surface area contributed by atoms with Gasteiger partial charge in [0.15, 0.2) is 0 Å². The predicted molar refractivity (Wildman–Crippen MR) is 116 cm³/mol. The molecule has 2 aromatic rings. The highest BCUT2D eigenvalue weighted by Crippen LogP contribution is 2.47. The zero-order chi connectivity index (χ0) is 19.5. The summed E-state index contributed by atoms with van der Waals surface area (Å²) in [5, 5.41) is 3.11. The molecule has 0 radical (unpaired) electrons. The number of nitrogens with zero attached hydrogens (tertiary/aromatic N) is 2. The highest BCUT2D eigenvalue weighted by Gasteiger charge is 2.43. The smallest absolute Gasteiger partial charge is 0.224 e. The van der Waals surface area contributed by atoms with E-state index in [0.29, 0.717) is 12.5 Å². The van der Waals surface area contributed by atoms with E-state index in [1.807, 2.05) is 12.1 Å². The maximum absolute atomic E-state index is 12.5. The Bertz CT molecular complexity index is 815. The lowest BCUT2D eigenvalue weighted by Gasteiger charge is -2.32. The topological polar surface area (TPSA) is 35.6 Å². The molecule has 4 rings (SSSR count). The lowest BCUT2D eigenvalue weighted by Crippen LogP contribution is -2.43. The molecule has 2 unspecified atom stereocenters. The van der Waals surface area contributed by atoms with E-state index in [9.17, 15) is 4.79 Å². The minimum absolute atomic E-state index is 0.116. The maximum Gasteiger partial charge on any atom is 0.224 e. The normalized spacial score (nSPS) is 22.8. The highest BCUT2D eigenvalue weighted by atomic mass is 79.9. The van der Waals surface area contributed by atoms with Gasteiger partial charge in [-0.25, -0.2) is 0 Å². The Labute approximate surface area is 176 Å². The molecule has 1 aliphatic carbocycles. The quantitative estimate of drug-likeness (QED) is 0.743. The van der Waals surface area contributed by atoms with Gasteiger partial charge in [-0.05, 0) is 48.2 Å². The number of nitrogens with one attached hydrogen (secondary N) is 1. The summed E-state index contributed by atoms with van der Waals surface area (Å²) in [7, 11) is 2.18. The predicted octanol–water partition coefficient (Wildman–Crippen LogP) is 3.62. The van der Waals surface area contributed by atoms with Gasteiger partial charge < -0.3 is 10.2 Å². The first-order chi connectivity index (χ1) is 13.6. The van der Waals surface area contributed by atoms with E-state index < -0.39 is 0 Å². The molecular weight excluding hydrogens is 414 g/mol. The Morgan fingerprint density at radius 3 is 2.50 bits per heavy atom. The molecule has 148 valence electrons. The van der Waals surface area contributed by atoms with Gasteiger partial charge >= 0.3 is 0 Å². The summed E-state index contributed by atoms with van der Waals surface area (Å²) in [5.41, 5.74) is 3.76. The number of benzene rings is 2. The van der Waals surface area contributed by atoms with E-state index in [-0.39, 0.29) is 11.8 Å². The second-order valence-corrected chi connectivity index (χ2v) is 9.03. The van der Waals surface area contributed by atoms with Gasteiger partial charge in [-0.2, -0.15) is 0 Å². The number of hydrogen-bond donors (Lipinski definition) is 1. The van der Waals surface area contributed by atoms with Crippen LogP contribution in [0.3, 0.4) is 0 Å².